The normalized spacial score (nSPS) is 17.1. The number of rotatable bonds is 7. The molecule has 4 rings (SSSR count). The molecule has 2 saturated heterocycles. The lowest BCUT2D eigenvalue weighted by Gasteiger charge is -2.28. The maximum atomic E-state index is 14.2. The van der Waals surface area contributed by atoms with Crippen molar-refractivity contribution in [1.29, 1.82) is 0 Å². The third kappa shape index (κ3) is 6.59. The number of alkyl halides is 3. The molecule has 36 heavy (non-hydrogen) atoms. The van der Waals surface area contributed by atoms with Crippen molar-refractivity contribution in [1.82, 2.24) is 19.9 Å². The van der Waals surface area contributed by atoms with E-state index in [2.05, 4.69) is 25.3 Å². The van der Waals surface area contributed by atoms with Gasteiger partial charge in [0.15, 0.2) is 5.82 Å². The number of hydrogen-bond donors (Lipinski definition) is 1. The van der Waals surface area contributed by atoms with Crippen molar-refractivity contribution in [2.45, 2.75) is 58.0 Å². The highest BCUT2D eigenvalue weighted by Gasteiger charge is 2.36. The maximum Gasteiger partial charge on any atom is 0.417 e. The van der Waals surface area contributed by atoms with Crippen LogP contribution in [-0.2, 0) is 15.7 Å². The molecule has 0 atom stereocenters. The fourth-order valence-electron chi connectivity index (χ4n) is 4.27. The Hall–Kier alpha value is -3.02. The first-order valence-electron chi connectivity index (χ1n) is 12.6. The third-order valence-corrected chi connectivity index (χ3v) is 6.27. The van der Waals surface area contributed by atoms with E-state index in [9.17, 15) is 18.0 Å². The number of carbonyl (C=O) groups is 1. The van der Waals surface area contributed by atoms with E-state index in [1.165, 1.54) is 0 Å². The first-order chi connectivity index (χ1) is 17.3. The van der Waals surface area contributed by atoms with Gasteiger partial charge in [-0.25, -0.2) is 4.98 Å². The summed E-state index contributed by atoms with van der Waals surface area (Å²) >= 11 is 0. The highest BCUT2D eigenvalue weighted by atomic mass is 19.4. The summed E-state index contributed by atoms with van der Waals surface area (Å²) in [4.78, 5) is 33.7. The summed E-state index contributed by atoms with van der Waals surface area (Å²) in [6, 6.07) is 0.850. The number of hydrogen-bond acceptors (Lipinski definition) is 8. The van der Waals surface area contributed by atoms with E-state index in [1.807, 2.05) is 16.7 Å². The van der Waals surface area contributed by atoms with Crippen molar-refractivity contribution in [2.24, 2.45) is 0 Å². The van der Waals surface area contributed by atoms with Gasteiger partial charge in [0.25, 0.3) is 0 Å². The van der Waals surface area contributed by atoms with Gasteiger partial charge in [-0.05, 0) is 25.3 Å². The fourth-order valence-corrected chi connectivity index (χ4v) is 4.27. The van der Waals surface area contributed by atoms with Crippen LogP contribution in [0.1, 0.15) is 57.4 Å². The standard InChI is InChI=1S/C24H32F3N7O2/c1-2-3-8-20(35)29-19-15-18(24(25,26)27)17(16-28-19)21-30-22(33-9-6-4-5-7-10-33)32-23(31-21)34-11-13-36-14-12-34/h15-16H,2-14H2,1H3,(H,28,29,35). The van der Waals surface area contributed by atoms with Crippen LogP contribution in [0.25, 0.3) is 11.4 Å². The summed E-state index contributed by atoms with van der Waals surface area (Å²) in [5.74, 6) is 0.0846. The molecule has 2 aromatic heterocycles. The van der Waals surface area contributed by atoms with Gasteiger partial charge in [0.2, 0.25) is 17.8 Å². The monoisotopic (exact) mass is 507 g/mol. The predicted molar refractivity (Wildman–Crippen MR) is 130 cm³/mol. The number of amides is 1. The number of morpholine rings is 1. The van der Waals surface area contributed by atoms with Crippen LogP contribution in [-0.4, -0.2) is 65.2 Å². The van der Waals surface area contributed by atoms with E-state index in [0.717, 1.165) is 57.5 Å². The number of pyridine rings is 1. The second kappa shape index (κ2) is 11.8. The second-order valence-electron chi connectivity index (χ2n) is 9.02. The van der Waals surface area contributed by atoms with Crippen LogP contribution in [0.15, 0.2) is 12.3 Å². The van der Waals surface area contributed by atoms with Crippen molar-refractivity contribution in [3.05, 3.63) is 17.8 Å². The van der Waals surface area contributed by atoms with Crippen LogP contribution in [0.4, 0.5) is 30.9 Å². The molecule has 0 radical (unpaired) electrons. The van der Waals surface area contributed by atoms with Crippen molar-refractivity contribution >= 4 is 23.6 Å². The molecule has 4 heterocycles. The summed E-state index contributed by atoms with van der Waals surface area (Å²) in [5.41, 5.74) is -1.20. The fraction of sp³-hybridized carbons (Fsp3) is 0.625. The molecule has 2 aliphatic rings. The highest BCUT2D eigenvalue weighted by molar-refractivity contribution is 5.90. The molecule has 12 heteroatoms. The van der Waals surface area contributed by atoms with Gasteiger partial charge in [-0.15, -0.1) is 0 Å². The minimum absolute atomic E-state index is 0.0885. The summed E-state index contributed by atoms with van der Waals surface area (Å²) < 4.78 is 47.9. The number of aromatic nitrogens is 4. The first kappa shape index (κ1) is 26.1. The molecular weight excluding hydrogens is 475 g/mol. The number of halogens is 3. The lowest BCUT2D eigenvalue weighted by Crippen LogP contribution is -2.38. The van der Waals surface area contributed by atoms with E-state index >= 15 is 0 Å². The first-order valence-corrected chi connectivity index (χ1v) is 12.6. The zero-order chi connectivity index (χ0) is 25.5. The Bertz CT molecular complexity index is 1040. The van der Waals surface area contributed by atoms with Crippen LogP contribution >= 0.6 is 0 Å². The maximum absolute atomic E-state index is 14.2. The smallest absolute Gasteiger partial charge is 0.378 e. The van der Waals surface area contributed by atoms with Crippen LogP contribution in [0.3, 0.4) is 0 Å². The number of nitrogens with one attached hydrogen (secondary N) is 1. The van der Waals surface area contributed by atoms with Crippen molar-refractivity contribution in [2.75, 3.05) is 54.5 Å². The number of unbranched alkanes of at least 4 members (excludes halogenated alkanes) is 1. The average Bonchev–Trinajstić information content (AvgIpc) is 3.17. The van der Waals surface area contributed by atoms with Gasteiger partial charge in [-0.2, -0.15) is 28.1 Å². The third-order valence-electron chi connectivity index (χ3n) is 6.27. The summed E-state index contributed by atoms with van der Waals surface area (Å²) in [6.07, 6.45) is 2.18. The predicted octanol–water partition coefficient (Wildman–Crippen LogP) is 4.30. The molecule has 0 saturated carbocycles. The number of nitrogens with zero attached hydrogens (tertiary/aromatic N) is 6. The summed E-state index contributed by atoms with van der Waals surface area (Å²) in [7, 11) is 0. The Kier molecular flexibility index (Phi) is 8.55. The summed E-state index contributed by atoms with van der Waals surface area (Å²) in [5, 5.41) is 2.47. The van der Waals surface area contributed by atoms with Gasteiger partial charge < -0.3 is 19.9 Å². The molecule has 0 bridgehead atoms. The zero-order valence-electron chi connectivity index (χ0n) is 20.5. The lowest BCUT2D eigenvalue weighted by atomic mass is 10.1. The zero-order valence-corrected chi connectivity index (χ0v) is 20.5. The Labute approximate surface area is 208 Å². The molecule has 2 fully saturated rings. The summed E-state index contributed by atoms with van der Waals surface area (Å²) in [6.45, 7) is 5.45. The van der Waals surface area contributed by atoms with Gasteiger partial charge in [0.05, 0.1) is 24.3 Å². The Morgan fingerprint density at radius 2 is 1.64 bits per heavy atom. The van der Waals surface area contributed by atoms with Crippen LogP contribution in [0.2, 0.25) is 0 Å². The van der Waals surface area contributed by atoms with Crippen molar-refractivity contribution < 1.29 is 22.7 Å². The highest BCUT2D eigenvalue weighted by Crippen LogP contribution is 2.37. The molecule has 0 spiro atoms. The molecule has 0 aromatic carbocycles. The quantitative estimate of drug-likeness (QED) is 0.593. The van der Waals surface area contributed by atoms with E-state index in [0.29, 0.717) is 44.6 Å². The number of carbonyl (C=O) groups excluding carboxylic acids is 1. The van der Waals surface area contributed by atoms with E-state index in [4.69, 9.17) is 4.74 Å². The van der Waals surface area contributed by atoms with Crippen LogP contribution < -0.4 is 15.1 Å². The van der Waals surface area contributed by atoms with Crippen LogP contribution in [0.5, 0.6) is 0 Å². The molecule has 9 nitrogen and oxygen atoms in total. The van der Waals surface area contributed by atoms with Crippen LogP contribution in [0, 0.1) is 0 Å². The molecule has 1 amide bonds. The molecular formula is C24H32F3N7O2. The average molecular weight is 508 g/mol. The molecule has 2 aromatic rings. The second-order valence-corrected chi connectivity index (χ2v) is 9.02. The molecule has 0 unspecified atom stereocenters. The van der Waals surface area contributed by atoms with Gasteiger partial charge in [0, 0.05) is 38.8 Å². The van der Waals surface area contributed by atoms with E-state index in [-0.39, 0.29) is 29.5 Å². The Balaban J connectivity index is 1.74. The minimum atomic E-state index is -4.70. The lowest BCUT2D eigenvalue weighted by molar-refractivity contribution is -0.137. The van der Waals surface area contributed by atoms with Gasteiger partial charge >= 0.3 is 6.18 Å². The van der Waals surface area contributed by atoms with Crippen molar-refractivity contribution in [3.63, 3.8) is 0 Å². The Morgan fingerprint density at radius 3 is 2.25 bits per heavy atom. The molecule has 1 N–H and O–H groups in total. The number of ether oxygens (including phenoxy) is 1. The van der Waals surface area contributed by atoms with Gasteiger partial charge in [-0.1, -0.05) is 26.2 Å². The number of anilines is 3. The van der Waals surface area contributed by atoms with E-state index in [1.54, 1.807) is 0 Å². The minimum Gasteiger partial charge on any atom is -0.378 e. The SMILES string of the molecule is CCCCC(=O)Nc1cc(C(F)(F)F)c(-c2nc(N3CCCCCC3)nc(N3CCOCC3)n2)cn1. The largest absolute Gasteiger partial charge is 0.417 e. The van der Waals surface area contributed by atoms with Gasteiger partial charge in [-0.3, -0.25) is 4.79 Å². The van der Waals surface area contributed by atoms with Crippen molar-refractivity contribution in [3.8, 4) is 11.4 Å². The topological polar surface area (TPSA) is 96.4 Å². The molecule has 0 aliphatic carbocycles. The molecule has 196 valence electrons. The Morgan fingerprint density at radius 1 is 1.00 bits per heavy atom. The molecule has 2 aliphatic heterocycles. The van der Waals surface area contributed by atoms with Gasteiger partial charge in [0.1, 0.15) is 5.82 Å². The van der Waals surface area contributed by atoms with E-state index < -0.39 is 11.7 Å².